The number of carbonyl (C=O) groups is 1. The monoisotopic (exact) mass is 246 g/mol. The van der Waals surface area contributed by atoms with Gasteiger partial charge in [-0.05, 0) is 31.2 Å². The van der Waals surface area contributed by atoms with Crippen molar-refractivity contribution in [1.82, 2.24) is 5.32 Å². The lowest BCUT2D eigenvalue weighted by atomic mass is 9.98. The number of carbonyl (C=O) groups excluding carboxylic acids is 1. The van der Waals surface area contributed by atoms with E-state index in [4.69, 9.17) is 5.73 Å². The first-order valence-corrected chi connectivity index (χ1v) is 6.66. The third-order valence-corrected chi connectivity index (χ3v) is 4.01. The fourth-order valence-corrected chi connectivity index (χ4v) is 2.23. The highest BCUT2D eigenvalue weighted by atomic mass is 16.2. The standard InChI is InChI=1S/C15H22N2O/c1-3-15(2,10-16)17-14(18)13-9-12(13)11-7-5-4-6-8-11/h4-8,12-13H,3,9-10,16H2,1-2H3,(H,17,18). The van der Waals surface area contributed by atoms with Crippen molar-refractivity contribution in [2.75, 3.05) is 6.54 Å². The average Bonchev–Trinajstić information content (AvgIpc) is 3.20. The summed E-state index contributed by atoms with van der Waals surface area (Å²) in [7, 11) is 0. The minimum Gasteiger partial charge on any atom is -0.349 e. The van der Waals surface area contributed by atoms with Gasteiger partial charge in [0.25, 0.3) is 0 Å². The van der Waals surface area contributed by atoms with Crippen molar-refractivity contribution in [3.63, 3.8) is 0 Å². The molecule has 3 heteroatoms. The van der Waals surface area contributed by atoms with E-state index >= 15 is 0 Å². The molecular weight excluding hydrogens is 224 g/mol. The lowest BCUT2D eigenvalue weighted by Crippen LogP contribution is -2.51. The molecule has 0 bridgehead atoms. The molecule has 98 valence electrons. The summed E-state index contributed by atoms with van der Waals surface area (Å²) in [5.74, 6) is 0.675. The van der Waals surface area contributed by atoms with Crippen LogP contribution in [0.2, 0.25) is 0 Å². The average molecular weight is 246 g/mol. The highest BCUT2D eigenvalue weighted by Crippen LogP contribution is 2.47. The number of rotatable bonds is 5. The fraction of sp³-hybridized carbons (Fsp3) is 0.533. The SMILES string of the molecule is CCC(C)(CN)NC(=O)C1CC1c1ccccc1. The van der Waals surface area contributed by atoms with E-state index in [2.05, 4.69) is 24.4 Å². The molecule has 1 fully saturated rings. The highest BCUT2D eigenvalue weighted by Gasteiger charge is 2.45. The molecule has 18 heavy (non-hydrogen) atoms. The Balaban J connectivity index is 1.94. The van der Waals surface area contributed by atoms with Crippen molar-refractivity contribution in [3.05, 3.63) is 35.9 Å². The third kappa shape index (κ3) is 2.72. The molecule has 0 aromatic heterocycles. The maximum atomic E-state index is 12.2. The Morgan fingerprint density at radius 3 is 2.67 bits per heavy atom. The number of hydrogen-bond donors (Lipinski definition) is 2. The molecule has 1 aliphatic rings. The molecule has 2 rings (SSSR count). The van der Waals surface area contributed by atoms with Crippen molar-refractivity contribution in [1.29, 1.82) is 0 Å². The van der Waals surface area contributed by atoms with Crippen molar-refractivity contribution in [3.8, 4) is 0 Å². The molecule has 1 amide bonds. The highest BCUT2D eigenvalue weighted by molar-refractivity contribution is 5.83. The van der Waals surface area contributed by atoms with Crippen molar-refractivity contribution in [2.45, 2.75) is 38.1 Å². The Hall–Kier alpha value is -1.35. The van der Waals surface area contributed by atoms with Crippen molar-refractivity contribution >= 4 is 5.91 Å². The van der Waals surface area contributed by atoms with Gasteiger partial charge in [0.1, 0.15) is 0 Å². The van der Waals surface area contributed by atoms with Gasteiger partial charge >= 0.3 is 0 Å². The zero-order valence-electron chi connectivity index (χ0n) is 11.1. The molecule has 0 aliphatic heterocycles. The Labute approximate surface area is 109 Å². The number of amides is 1. The molecule has 3 unspecified atom stereocenters. The summed E-state index contributed by atoms with van der Waals surface area (Å²) in [4.78, 5) is 12.2. The van der Waals surface area contributed by atoms with Crippen LogP contribution in [-0.2, 0) is 4.79 Å². The first-order chi connectivity index (χ1) is 8.59. The quantitative estimate of drug-likeness (QED) is 0.835. The number of benzene rings is 1. The Kier molecular flexibility index (Phi) is 3.71. The van der Waals surface area contributed by atoms with Gasteiger partial charge in [-0.25, -0.2) is 0 Å². The summed E-state index contributed by atoms with van der Waals surface area (Å²) < 4.78 is 0. The van der Waals surface area contributed by atoms with E-state index in [-0.39, 0.29) is 17.4 Å². The van der Waals surface area contributed by atoms with Crippen LogP contribution in [0.3, 0.4) is 0 Å². The third-order valence-electron chi connectivity index (χ3n) is 4.01. The molecule has 1 aromatic rings. The van der Waals surface area contributed by atoms with Crippen LogP contribution in [0.5, 0.6) is 0 Å². The van der Waals surface area contributed by atoms with Crippen LogP contribution in [0.15, 0.2) is 30.3 Å². The van der Waals surface area contributed by atoms with Gasteiger partial charge in [0, 0.05) is 18.0 Å². The van der Waals surface area contributed by atoms with Crippen LogP contribution in [0, 0.1) is 5.92 Å². The maximum Gasteiger partial charge on any atom is 0.224 e. The van der Waals surface area contributed by atoms with E-state index in [1.54, 1.807) is 0 Å². The fourth-order valence-electron chi connectivity index (χ4n) is 2.23. The second-order valence-corrected chi connectivity index (χ2v) is 5.47. The van der Waals surface area contributed by atoms with Crippen LogP contribution >= 0.6 is 0 Å². The lowest BCUT2D eigenvalue weighted by molar-refractivity contribution is -0.124. The van der Waals surface area contributed by atoms with Crippen molar-refractivity contribution in [2.24, 2.45) is 11.7 Å². The number of nitrogens with two attached hydrogens (primary N) is 1. The van der Waals surface area contributed by atoms with Gasteiger partial charge in [0.05, 0.1) is 0 Å². The summed E-state index contributed by atoms with van der Waals surface area (Å²) in [5, 5.41) is 3.09. The van der Waals surface area contributed by atoms with Crippen LogP contribution in [0.1, 0.15) is 38.2 Å². The molecule has 1 aliphatic carbocycles. The molecule has 0 spiro atoms. The van der Waals surface area contributed by atoms with Crippen LogP contribution < -0.4 is 11.1 Å². The van der Waals surface area contributed by atoms with Gasteiger partial charge in [0.2, 0.25) is 5.91 Å². The van der Waals surface area contributed by atoms with E-state index < -0.39 is 0 Å². The molecule has 1 saturated carbocycles. The Morgan fingerprint density at radius 1 is 1.44 bits per heavy atom. The minimum absolute atomic E-state index is 0.129. The van der Waals surface area contributed by atoms with Gasteiger partial charge in [0.15, 0.2) is 0 Å². The number of hydrogen-bond acceptors (Lipinski definition) is 2. The predicted molar refractivity (Wildman–Crippen MR) is 73.2 cm³/mol. The summed E-state index contributed by atoms with van der Waals surface area (Å²) in [6.07, 6.45) is 1.82. The van der Waals surface area contributed by atoms with E-state index in [0.29, 0.717) is 12.5 Å². The zero-order valence-corrected chi connectivity index (χ0v) is 11.1. The van der Waals surface area contributed by atoms with E-state index in [0.717, 1.165) is 12.8 Å². The Bertz CT molecular complexity index is 412. The molecule has 0 radical (unpaired) electrons. The summed E-state index contributed by atoms with van der Waals surface area (Å²) in [6, 6.07) is 10.3. The van der Waals surface area contributed by atoms with Gasteiger partial charge in [-0.3, -0.25) is 4.79 Å². The molecule has 0 saturated heterocycles. The molecule has 1 aromatic carbocycles. The van der Waals surface area contributed by atoms with E-state index in [9.17, 15) is 4.79 Å². The second-order valence-electron chi connectivity index (χ2n) is 5.47. The minimum atomic E-state index is -0.263. The van der Waals surface area contributed by atoms with Crippen LogP contribution in [0.25, 0.3) is 0 Å². The largest absolute Gasteiger partial charge is 0.349 e. The van der Waals surface area contributed by atoms with Crippen LogP contribution in [-0.4, -0.2) is 18.0 Å². The van der Waals surface area contributed by atoms with Gasteiger partial charge in [-0.2, -0.15) is 0 Å². The lowest BCUT2D eigenvalue weighted by Gasteiger charge is -2.28. The molecular formula is C15H22N2O. The molecule has 3 atom stereocenters. The number of nitrogens with one attached hydrogen (secondary N) is 1. The first kappa shape index (κ1) is 13.1. The predicted octanol–water partition coefficient (Wildman–Crippen LogP) is 2.03. The van der Waals surface area contributed by atoms with Crippen LogP contribution in [0.4, 0.5) is 0 Å². The van der Waals surface area contributed by atoms with Gasteiger partial charge in [-0.15, -0.1) is 0 Å². The summed E-state index contributed by atoms with van der Waals surface area (Å²) in [6.45, 7) is 4.54. The van der Waals surface area contributed by atoms with E-state index in [1.165, 1.54) is 5.56 Å². The maximum absolute atomic E-state index is 12.2. The van der Waals surface area contributed by atoms with Gasteiger partial charge in [-0.1, -0.05) is 37.3 Å². The van der Waals surface area contributed by atoms with E-state index in [1.807, 2.05) is 25.1 Å². The van der Waals surface area contributed by atoms with Gasteiger partial charge < -0.3 is 11.1 Å². The first-order valence-electron chi connectivity index (χ1n) is 6.66. The molecule has 0 heterocycles. The normalized spacial score (nSPS) is 25.3. The zero-order chi connectivity index (χ0) is 13.2. The molecule has 3 N–H and O–H groups in total. The second kappa shape index (κ2) is 5.11. The summed E-state index contributed by atoms with van der Waals surface area (Å²) >= 11 is 0. The Morgan fingerprint density at radius 2 is 2.11 bits per heavy atom. The van der Waals surface area contributed by atoms with Crippen molar-refractivity contribution < 1.29 is 4.79 Å². The topological polar surface area (TPSA) is 55.1 Å². The summed E-state index contributed by atoms with van der Waals surface area (Å²) in [5.41, 5.74) is 6.72. The smallest absolute Gasteiger partial charge is 0.224 e. The molecule has 3 nitrogen and oxygen atoms in total.